The molecule has 0 amide bonds. The Hall–Kier alpha value is -1.85. The Bertz CT molecular complexity index is 393. The monoisotopic (exact) mass is 238 g/mol. The van der Waals surface area contributed by atoms with E-state index in [9.17, 15) is 0 Å². The molecule has 0 aliphatic heterocycles. The first kappa shape index (κ1) is 13.2. The van der Waals surface area contributed by atoms with Gasteiger partial charge in [-0.2, -0.15) is 0 Å². The van der Waals surface area contributed by atoms with E-state index < -0.39 is 0 Å². The van der Waals surface area contributed by atoms with E-state index in [1.165, 1.54) is 12.4 Å². The molecule has 6 nitrogen and oxygen atoms in total. The van der Waals surface area contributed by atoms with Gasteiger partial charge in [0.1, 0.15) is 0 Å². The van der Waals surface area contributed by atoms with E-state index in [4.69, 9.17) is 15.7 Å². The maximum Gasteiger partial charge on any atom is 0.244 e. The predicted molar refractivity (Wildman–Crippen MR) is 64.1 cm³/mol. The SMILES string of the molecule is CC(C)CC(C)Oc1nccnc1/C(N)=N/O. The standard InChI is InChI=1S/C11H18N4O2/c1-7(2)6-8(3)17-11-9(10(12)15-16)13-4-5-14-11/h4-5,7-8,16H,6H2,1-3H3,(H2,12,15). The van der Waals surface area contributed by atoms with Gasteiger partial charge in [0.15, 0.2) is 11.5 Å². The first-order valence-electron chi connectivity index (χ1n) is 5.50. The molecule has 0 saturated carbocycles. The van der Waals surface area contributed by atoms with Gasteiger partial charge in [-0.05, 0) is 19.3 Å². The van der Waals surface area contributed by atoms with E-state index in [0.29, 0.717) is 5.92 Å². The van der Waals surface area contributed by atoms with Gasteiger partial charge in [-0.15, -0.1) is 0 Å². The van der Waals surface area contributed by atoms with Crippen molar-refractivity contribution in [1.29, 1.82) is 0 Å². The van der Waals surface area contributed by atoms with E-state index in [-0.39, 0.29) is 23.5 Å². The molecule has 0 spiro atoms. The van der Waals surface area contributed by atoms with Crippen molar-refractivity contribution in [2.75, 3.05) is 0 Å². The van der Waals surface area contributed by atoms with Crippen LogP contribution in [-0.2, 0) is 0 Å². The maximum absolute atomic E-state index is 8.63. The molecule has 0 aliphatic carbocycles. The summed E-state index contributed by atoms with van der Waals surface area (Å²) in [7, 11) is 0. The fraction of sp³-hybridized carbons (Fsp3) is 0.545. The molecule has 94 valence electrons. The van der Waals surface area contributed by atoms with Gasteiger partial charge in [0.25, 0.3) is 0 Å². The van der Waals surface area contributed by atoms with Crippen LogP contribution in [0.3, 0.4) is 0 Å². The normalized spacial score (nSPS) is 13.8. The van der Waals surface area contributed by atoms with Crippen LogP contribution in [0.4, 0.5) is 0 Å². The first-order chi connectivity index (χ1) is 8.04. The van der Waals surface area contributed by atoms with Crippen LogP contribution >= 0.6 is 0 Å². The summed E-state index contributed by atoms with van der Waals surface area (Å²) in [5.74, 6) is 0.703. The average Bonchev–Trinajstić information content (AvgIpc) is 2.27. The second kappa shape index (κ2) is 6.03. The number of ether oxygens (including phenoxy) is 1. The largest absolute Gasteiger partial charge is 0.473 e. The summed E-state index contributed by atoms with van der Waals surface area (Å²) < 4.78 is 5.63. The maximum atomic E-state index is 8.63. The predicted octanol–water partition coefficient (Wildman–Crippen LogP) is 1.38. The smallest absolute Gasteiger partial charge is 0.244 e. The number of oxime groups is 1. The van der Waals surface area contributed by atoms with Crippen molar-refractivity contribution in [3.8, 4) is 5.88 Å². The molecule has 6 heteroatoms. The van der Waals surface area contributed by atoms with Crippen LogP contribution in [0.5, 0.6) is 5.88 Å². The molecule has 17 heavy (non-hydrogen) atoms. The average molecular weight is 238 g/mol. The minimum Gasteiger partial charge on any atom is -0.473 e. The first-order valence-corrected chi connectivity index (χ1v) is 5.50. The topological polar surface area (TPSA) is 93.6 Å². The number of nitrogens with zero attached hydrogens (tertiary/aromatic N) is 3. The fourth-order valence-corrected chi connectivity index (χ4v) is 1.54. The highest BCUT2D eigenvalue weighted by Crippen LogP contribution is 2.16. The highest BCUT2D eigenvalue weighted by Gasteiger charge is 2.14. The van der Waals surface area contributed by atoms with Gasteiger partial charge in [0, 0.05) is 12.4 Å². The lowest BCUT2D eigenvalue weighted by Gasteiger charge is -2.16. The molecule has 0 radical (unpaired) electrons. The molecule has 0 fully saturated rings. The zero-order valence-electron chi connectivity index (χ0n) is 10.3. The van der Waals surface area contributed by atoms with Gasteiger partial charge < -0.3 is 15.7 Å². The van der Waals surface area contributed by atoms with Gasteiger partial charge in [-0.3, -0.25) is 0 Å². The van der Waals surface area contributed by atoms with Crippen molar-refractivity contribution in [2.45, 2.75) is 33.3 Å². The lowest BCUT2D eigenvalue weighted by Crippen LogP contribution is -2.21. The fourth-order valence-electron chi connectivity index (χ4n) is 1.54. The van der Waals surface area contributed by atoms with Gasteiger partial charge in [0.05, 0.1) is 6.10 Å². The Kier molecular flexibility index (Phi) is 4.68. The van der Waals surface area contributed by atoms with Gasteiger partial charge in [0.2, 0.25) is 5.88 Å². The van der Waals surface area contributed by atoms with Crippen LogP contribution in [0.2, 0.25) is 0 Å². The molecule has 0 aromatic carbocycles. The second-order valence-electron chi connectivity index (χ2n) is 4.25. The highest BCUT2D eigenvalue weighted by molar-refractivity contribution is 5.97. The van der Waals surface area contributed by atoms with Crippen molar-refractivity contribution in [1.82, 2.24) is 9.97 Å². The molecule has 0 saturated heterocycles. The molecule has 0 bridgehead atoms. The van der Waals surface area contributed by atoms with Crippen molar-refractivity contribution in [2.24, 2.45) is 16.8 Å². The summed E-state index contributed by atoms with van der Waals surface area (Å²) in [4.78, 5) is 8.02. The van der Waals surface area contributed by atoms with Crippen LogP contribution in [0.25, 0.3) is 0 Å². The van der Waals surface area contributed by atoms with Crippen molar-refractivity contribution in [3.05, 3.63) is 18.1 Å². The second-order valence-corrected chi connectivity index (χ2v) is 4.25. The summed E-state index contributed by atoms with van der Waals surface area (Å²) in [6.07, 6.45) is 3.86. The summed E-state index contributed by atoms with van der Waals surface area (Å²) in [6.45, 7) is 6.17. The van der Waals surface area contributed by atoms with Crippen LogP contribution in [0, 0.1) is 5.92 Å². The van der Waals surface area contributed by atoms with E-state index in [1.54, 1.807) is 0 Å². The Morgan fingerprint density at radius 2 is 2.06 bits per heavy atom. The molecular weight excluding hydrogens is 220 g/mol. The lowest BCUT2D eigenvalue weighted by atomic mass is 10.1. The number of nitrogens with two attached hydrogens (primary N) is 1. The quantitative estimate of drug-likeness (QED) is 0.350. The van der Waals surface area contributed by atoms with Crippen LogP contribution in [0.1, 0.15) is 32.9 Å². The van der Waals surface area contributed by atoms with Gasteiger partial charge >= 0.3 is 0 Å². The summed E-state index contributed by atoms with van der Waals surface area (Å²) in [5.41, 5.74) is 5.74. The van der Waals surface area contributed by atoms with Gasteiger partial charge in [-0.25, -0.2) is 9.97 Å². The zero-order valence-corrected chi connectivity index (χ0v) is 10.3. The lowest BCUT2D eigenvalue weighted by molar-refractivity contribution is 0.184. The number of rotatable bonds is 5. The third kappa shape index (κ3) is 3.90. The molecule has 1 atom stereocenters. The minimum atomic E-state index is -0.107. The highest BCUT2D eigenvalue weighted by atomic mass is 16.5. The van der Waals surface area contributed by atoms with Crippen LogP contribution in [-0.4, -0.2) is 27.1 Å². The molecule has 1 rings (SSSR count). The van der Waals surface area contributed by atoms with E-state index in [0.717, 1.165) is 6.42 Å². The molecule has 1 aromatic rings. The van der Waals surface area contributed by atoms with Crippen molar-refractivity contribution < 1.29 is 9.94 Å². The van der Waals surface area contributed by atoms with Crippen LogP contribution in [0.15, 0.2) is 17.5 Å². The molecule has 3 N–H and O–H groups in total. The Labute approximate surface area is 101 Å². The summed E-state index contributed by atoms with van der Waals surface area (Å²) >= 11 is 0. The molecule has 1 unspecified atom stereocenters. The Balaban J connectivity index is 2.84. The Morgan fingerprint density at radius 3 is 2.65 bits per heavy atom. The summed E-state index contributed by atoms with van der Waals surface area (Å²) in [5, 5.41) is 11.5. The van der Waals surface area contributed by atoms with Crippen molar-refractivity contribution >= 4 is 5.84 Å². The van der Waals surface area contributed by atoms with Crippen LogP contribution < -0.4 is 10.5 Å². The number of hydrogen-bond donors (Lipinski definition) is 2. The van der Waals surface area contributed by atoms with Crippen molar-refractivity contribution in [3.63, 3.8) is 0 Å². The van der Waals surface area contributed by atoms with E-state index >= 15 is 0 Å². The minimum absolute atomic E-state index is 0.00283. The summed E-state index contributed by atoms with van der Waals surface area (Å²) in [6, 6.07) is 0. The van der Waals surface area contributed by atoms with E-state index in [2.05, 4.69) is 29.0 Å². The number of hydrogen-bond acceptors (Lipinski definition) is 5. The number of amidine groups is 1. The van der Waals surface area contributed by atoms with Gasteiger partial charge in [-0.1, -0.05) is 19.0 Å². The third-order valence-electron chi connectivity index (χ3n) is 2.13. The number of aromatic nitrogens is 2. The molecule has 1 aromatic heterocycles. The van der Waals surface area contributed by atoms with E-state index in [1.807, 2.05) is 6.92 Å². The Morgan fingerprint density at radius 1 is 1.41 bits per heavy atom. The zero-order chi connectivity index (χ0) is 12.8. The molecular formula is C11H18N4O2. The third-order valence-corrected chi connectivity index (χ3v) is 2.13. The molecule has 1 heterocycles. The molecule has 0 aliphatic rings.